The lowest BCUT2D eigenvalue weighted by Gasteiger charge is -2.09. The molecule has 0 heterocycles. The van der Waals surface area contributed by atoms with Crippen molar-refractivity contribution in [2.45, 2.75) is 25.7 Å². The number of anilines is 1. The van der Waals surface area contributed by atoms with Crippen LogP contribution in [-0.2, 0) is 10.8 Å². The first kappa shape index (κ1) is 11.2. The molecule has 1 atom stereocenters. The van der Waals surface area contributed by atoms with E-state index in [9.17, 15) is 4.21 Å². The van der Waals surface area contributed by atoms with Gasteiger partial charge < -0.3 is 5.73 Å². The van der Waals surface area contributed by atoms with Crippen LogP contribution in [-0.4, -0.2) is 9.96 Å². The number of nitrogens with two attached hydrogens (primary N) is 1. The van der Waals surface area contributed by atoms with Gasteiger partial charge in [-0.25, -0.2) is 0 Å². The Morgan fingerprint density at radius 2 is 2.07 bits per heavy atom. The van der Waals surface area contributed by atoms with Gasteiger partial charge in [-0.1, -0.05) is 26.0 Å². The number of benzene rings is 1. The van der Waals surface area contributed by atoms with Gasteiger partial charge in [0.1, 0.15) is 0 Å². The predicted octanol–water partition coefficient (Wildman–Crippen LogP) is 2.34. The average Bonchev–Trinajstić information content (AvgIpc) is 2.08. The van der Waals surface area contributed by atoms with E-state index in [1.54, 1.807) is 0 Å². The van der Waals surface area contributed by atoms with Gasteiger partial charge in [0.05, 0.1) is 21.4 Å². The van der Waals surface area contributed by atoms with Crippen molar-refractivity contribution in [1.29, 1.82) is 0 Å². The van der Waals surface area contributed by atoms with Gasteiger partial charge in [-0.05, 0) is 24.5 Å². The van der Waals surface area contributed by atoms with Crippen molar-refractivity contribution in [1.82, 2.24) is 0 Å². The van der Waals surface area contributed by atoms with E-state index in [4.69, 9.17) is 5.73 Å². The number of para-hydroxylation sites is 1. The maximum Gasteiger partial charge on any atom is 0.0620 e. The van der Waals surface area contributed by atoms with E-state index in [1.165, 1.54) is 0 Å². The Morgan fingerprint density at radius 1 is 1.43 bits per heavy atom. The molecule has 0 fully saturated rings. The number of rotatable bonds is 3. The van der Waals surface area contributed by atoms with Crippen molar-refractivity contribution in [2.75, 3.05) is 11.5 Å². The molecule has 1 aromatic rings. The van der Waals surface area contributed by atoms with Crippen molar-refractivity contribution in [3.8, 4) is 0 Å². The number of hydrogen-bond acceptors (Lipinski definition) is 2. The molecule has 0 amide bonds. The summed E-state index contributed by atoms with van der Waals surface area (Å²) in [6.07, 6.45) is 0. The molecule has 0 radical (unpaired) electrons. The van der Waals surface area contributed by atoms with Crippen molar-refractivity contribution >= 4 is 16.5 Å². The minimum atomic E-state index is -0.960. The fraction of sp³-hybridized carbons (Fsp3) is 0.455. The Hall–Kier alpha value is -0.830. The van der Waals surface area contributed by atoms with Crippen LogP contribution in [0.3, 0.4) is 0 Å². The topological polar surface area (TPSA) is 43.1 Å². The molecule has 0 bridgehead atoms. The van der Waals surface area contributed by atoms with Crippen molar-refractivity contribution < 1.29 is 4.21 Å². The van der Waals surface area contributed by atoms with Gasteiger partial charge in [0.15, 0.2) is 0 Å². The van der Waals surface area contributed by atoms with Crippen LogP contribution in [0, 0.1) is 12.8 Å². The molecule has 0 saturated heterocycles. The molecule has 14 heavy (non-hydrogen) atoms. The molecule has 1 unspecified atom stereocenters. The van der Waals surface area contributed by atoms with E-state index in [1.807, 2.05) is 25.1 Å². The van der Waals surface area contributed by atoms with Gasteiger partial charge in [-0.3, -0.25) is 4.21 Å². The molecule has 1 rings (SSSR count). The number of aryl methyl sites for hydroxylation is 1. The monoisotopic (exact) mass is 211 g/mol. The molecule has 2 nitrogen and oxygen atoms in total. The van der Waals surface area contributed by atoms with Crippen molar-refractivity contribution in [2.24, 2.45) is 5.92 Å². The molecular formula is C11H17NOS. The van der Waals surface area contributed by atoms with Gasteiger partial charge in [-0.15, -0.1) is 0 Å². The van der Waals surface area contributed by atoms with E-state index >= 15 is 0 Å². The second-order valence-corrected chi connectivity index (χ2v) is 5.36. The highest BCUT2D eigenvalue weighted by molar-refractivity contribution is 7.85. The molecule has 78 valence electrons. The zero-order valence-electron chi connectivity index (χ0n) is 8.91. The lowest BCUT2D eigenvalue weighted by molar-refractivity contribution is 0.665. The summed E-state index contributed by atoms with van der Waals surface area (Å²) in [5.74, 6) is 1.10. The highest BCUT2D eigenvalue weighted by Crippen LogP contribution is 2.21. The fourth-order valence-corrected chi connectivity index (χ4v) is 2.67. The minimum Gasteiger partial charge on any atom is -0.398 e. The first-order chi connectivity index (χ1) is 6.52. The van der Waals surface area contributed by atoms with Crippen LogP contribution in [0.15, 0.2) is 23.1 Å². The van der Waals surface area contributed by atoms with Gasteiger partial charge in [0.25, 0.3) is 0 Å². The molecule has 0 saturated carbocycles. The Balaban J connectivity index is 2.96. The first-order valence-corrected chi connectivity index (χ1v) is 6.07. The fourth-order valence-electron chi connectivity index (χ4n) is 1.24. The third-order valence-electron chi connectivity index (χ3n) is 2.01. The summed E-state index contributed by atoms with van der Waals surface area (Å²) in [5, 5.41) is 0. The third-order valence-corrected chi connectivity index (χ3v) is 3.83. The number of hydrogen-bond donors (Lipinski definition) is 1. The summed E-state index contributed by atoms with van der Waals surface area (Å²) in [5.41, 5.74) is 7.54. The maximum absolute atomic E-state index is 11.9. The number of nitrogen functional groups attached to an aromatic ring is 1. The second kappa shape index (κ2) is 4.60. The molecular weight excluding hydrogens is 194 g/mol. The summed E-state index contributed by atoms with van der Waals surface area (Å²) >= 11 is 0. The molecule has 3 heteroatoms. The van der Waals surface area contributed by atoms with E-state index in [2.05, 4.69) is 13.8 Å². The van der Waals surface area contributed by atoms with Gasteiger partial charge >= 0.3 is 0 Å². The molecule has 0 aliphatic heterocycles. The van der Waals surface area contributed by atoms with Crippen LogP contribution in [0.2, 0.25) is 0 Å². The van der Waals surface area contributed by atoms with Crippen LogP contribution in [0.4, 0.5) is 5.69 Å². The summed E-state index contributed by atoms with van der Waals surface area (Å²) in [6.45, 7) is 6.05. The highest BCUT2D eigenvalue weighted by atomic mass is 32.2. The Labute approximate surface area is 88.0 Å². The second-order valence-electron chi connectivity index (χ2n) is 3.89. The lowest BCUT2D eigenvalue weighted by atomic mass is 10.2. The Morgan fingerprint density at radius 3 is 2.64 bits per heavy atom. The normalized spacial score (nSPS) is 13.1. The summed E-state index contributed by atoms with van der Waals surface area (Å²) in [7, 11) is -0.960. The first-order valence-electron chi connectivity index (χ1n) is 4.76. The van der Waals surface area contributed by atoms with Crippen LogP contribution in [0.5, 0.6) is 0 Å². The van der Waals surface area contributed by atoms with Crippen LogP contribution in [0.25, 0.3) is 0 Å². The molecule has 0 aromatic heterocycles. The average molecular weight is 211 g/mol. The zero-order chi connectivity index (χ0) is 10.7. The van der Waals surface area contributed by atoms with Gasteiger partial charge in [0, 0.05) is 5.75 Å². The van der Waals surface area contributed by atoms with E-state index in [0.29, 0.717) is 17.4 Å². The summed E-state index contributed by atoms with van der Waals surface area (Å²) in [6, 6.07) is 5.69. The van der Waals surface area contributed by atoms with E-state index in [-0.39, 0.29) is 0 Å². The smallest absolute Gasteiger partial charge is 0.0620 e. The van der Waals surface area contributed by atoms with Crippen LogP contribution >= 0.6 is 0 Å². The van der Waals surface area contributed by atoms with Crippen molar-refractivity contribution in [3.05, 3.63) is 23.8 Å². The highest BCUT2D eigenvalue weighted by Gasteiger charge is 2.10. The predicted molar refractivity (Wildman–Crippen MR) is 61.7 cm³/mol. The molecule has 2 N–H and O–H groups in total. The van der Waals surface area contributed by atoms with E-state index in [0.717, 1.165) is 10.5 Å². The SMILES string of the molecule is Cc1cccc(S(=O)CC(C)C)c1N. The largest absolute Gasteiger partial charge is 0.398 e. The third kappa shape index (κ3) is 2.58. The van der Waals surface area contributed by atoms with E-state index < -0.39 is 10.8 Å². The Kier molecular flexibility index (Phi) is 3.69. The van der Waals surface area contributed by atoms with Crippen LogP contribution < -0.4 is 5.73 Å². The minimum absolute atomic E-state index is 0.427. The molecule has 0 aliphatic carbocycles. The van der Waals surface area contributed by atoms with Gasteiger partial charge in [-0.2, -0.15) is 0 Å². The lowest BCUT2D eigenvalue weighted by Crippen LogP contribution is -2.07. The molecule has 0 aliphatic rings. The zero-order valence-corrected chi connectivity index (χ0v) is 9.73. The quantitative estimate of drug-likeness (QED) is 0.780. The molecule has 0 spiro atoms. The summed E-state index contributed by atoms with van der Waals surface area (Å²) < 4.78 is 11.9. The standard InChI is InChI=1S/C11H17NOS/c1-8(2)7-14(13)10-6-4-5-9(3)11(10)12/h4-6,8H,7,12H2,1-3H3. The molecule has 1 aromatic carbocycles. The van der Waals surface area contributed by atoms with Crippen molar-refractivity contribution in [3.63, 3.8) is 0 Å². The maximum atomic E-state index is 11.9. The van der Waals surface area contributed by atoms with Crippen LogP contribution in [0.1, 0.15) is 19.4 Å². The summed E-state index contributed by atoms with van der Waals surface area (Å²) in [4.78, 5) is 0.777. The Bertz CT molecular complexity index is 347. The van der Waals surface area contributed by atoms with Gasteiger partial charge in [0.2, 0.25) is 0 Å².